The van der Waals surface area contributed by atoms with E-state index in [9.17, 15) is 4.79 Å². The summed E-state index contributed by atoms with van der Waals surface area (Å²) in [6.45, 7) is 4.16. The molecule has 0 saturated heterocycles. The number of methoxy groups -OCH3 is 1. The van der Waals surface area contributed by atoms with Gasteiger partial charge in [0.25, 0.3) is 5.91 Å². The van der Waals surface area contributed by atoms with Crippen LogP contribution in [0, 0.1) is 6.92 Å². The Hall–Kier alpha value is -2.21. The fourth-order valence-electron chi connectivity index (χ4n) is 2.05. The molecule has 2 rings (SSSR count). The van der Waals surface area contributed by atoms with E-state index in [1.54, 1.807) is 29.9 Å². The Bertz CT molecular complexity index is 698. The third kappa shape index (κ3) is 3.33. The first kappa shape index (κ1) is 16.2. The van der Waals surface area contributed by atoms with Crippen LogP contribution in [-0.4, -0.2) is 29.4 Å². The van der Waals surface area contributed by atoms with Gasteiger partial charge < -0.3 is 14.8 Å². The van der Waals surface area contributed by atoms with Crippen LogP contribution >= 0.6 is 11.6 Å². The van der Waals surface area contributed by atoms with Crippen molar-refractivity contribution < 1.29 is 14.3 Å². The van der Waals surface area contributed by atoms with E-state index in [4.69, 9.17) is 21.1 Å². The second-order valence-corrected chi connectivity index (χ2v) is 5.08. The summed E-state index contributed by atoms with van der Waals surface area (Å²) in [7, 11) is 3.26. The lowest BCUT2D eigenvalue weighted by molar-refractivity contribution is 0.102. The molecular weight excluding hydrogens is 306 g/mol. The number of carbonyl (C=O) groups is 1. The highest BCUT2D eigenvalue weighted by molar-refractivity contribution is 6.32. The normalized spacial score (nSPS) is 10.4. The zero-order valence-electron chi connectivity index (χ0n) is 12.9. The van der Waals surface area contributed by atoms with Gasteiger partial charge in [0.2, 0.25) is 0 Å². The van der Waals surface area contributed by atoms with Crippen molar-refractivity contribution in [1.29, 1.82) is 0 Å². The molecule has 0 spiro atoms. The first-order valence-electron chi connectivity index (χ1n) is 6.78. The van der Waals surface area contributed by atoms with Crippen LogP contribution in [0.5, 0.6) is 11.5 Å². The number of ether oxygens (including phenoxy) is 2. The van der Waals surface area contributed by atoms with Crippen molar-refractivity contribution >= 4 is 23.3 Å². The molecule has 0 aliphatic rings. The van der Waals surface area contributed by atoms with E-state index in [2.05, 4.69) is 10.4 Å². The van der Waals surface area contributed by atoms with E-state index < -0.39 is 0 Å². The lowest BCUT2D eigenvalue weighted by Crippen LogP contribution is -2.15. The Morgan fingerprint density at radius 2 is 2.14 bits per heavy atom. The molecule has 0 unspecified atom stereocenters. The van der Waals surface area contributed by atoms with E-state index in [0.717, 1.165) is 5.69 Å². The van der Waals surface area contributed by atoms with Gasteiger partial charge in [0.1, 0.15) is 5.82 Å². The number of aryl methyl sites for hydroxylation is 2. The fraction of sp³-hybridized carbons (Fsp3) is 0.333. The monoisotopic (exact) mass is 323 g/mol. The largest absolute Gasteiger partial charge is 0.493 e. The van der Waals surface area contributed by atoms with Gasteiger partial charge in [-0.3, -0.25) is 9.48 Å². The van der Waals surface area contributed by atoms with Gasteiger partial charge in [-0.25, -0.2) is 0 Å². The standard InChI is InChI=1S/C15H18ClN3O3/c1-5-22-14-11(16)7-10(8-12(14)21-4)15(20)17-13-6-9(2)18-19(13)3/h6-8H,5H2,1-4H3,(H,17,20). The predicted molar refractivity (Wildman–Crippen MR) is 85.1 cm³/mol. The quantitative estimate of drug-likeness (QED) is 0.918. The number of rotatable bonds is 5. The molecule has 0 saturated carbocycles. The molecule has 0 atom stereocenters. The highest BCUT2D eigenvalue weighted by Gasteiger charge is 2.16. The minimum Gasteiger partial charge on any atom is -0.493 e. The summed E-state index contributed by atoms with van der Waals surface area (Å²) in [5, 5.41) is 7.29. The first-order chi connectivity index (χ1) is 10.5. The van der Waals surface area contributed by atoms with Crippen molar-refractivity contribution in [2.75, 3.05) is 19.0 Å². The molecule has 0 radical (unpaired) electrons. The van der Waals surface area contributed by atoms with Crippen LogP contribution in [0.1, 0.15) is 23.0 Å². The molecule has 118 valence electrons. The van der Waals surface area contributed by atoms with Crippen LogP contribution in [0.15, 0.2) is 18.2 Å². The number of hydrogen-bond donors (Lipinski definition) is 1. The van der Waals surface area contributed by atoms with Crippen LogP contribution in [0.4, 0.5) is 5.82 Å². The van der Waals surface area contributed by atoms with Crippen molar-refractivity contribution in [3.05, 3.63) is 34.5 Å². The Morgan fingerprint density at radius 1 is 1.41 bits per heavy atom. The fourth-order valence-corrected chi connectivity index (χ4v) is 2.32. The first-order valence-corrected chi connectivity index (χ1v) is 7.16. The SMILES string of the molecule is CCOc1c(Cl)cc(C(=O)Nc2cc(C)nn2C)cc1OC. The predicted octanol–water partition coefficient (Wildman–Crippen LogP) is 3.04. The van der Waals surface area contributed by atoms with Crippen LogP contribution in [0.2, 0.25) is 5.02 Å². The molecule has 7 heteroatoms. The molecule has 22 heavy (non-hydrogen) atoms. The van der Waals surface area contributed by atoms with Crippen molar-refractivity contribution in [3.63, 3.8) is 0 Å². The molecule has 6 nitrogen and oxygen atoms in total. The van der Waals surface area contributed by atoms with E-state index >= 15 is 0 Å². The smallest absolute Gasteiger partial charge is 0.257 e. The summed E-state index contributed by atoms with van der Waals surface area (Å²) in [5.74, 6) is 1.15. The summed E-state index contributed by atoms with van der Waals surface area (Å²) in [6, 6.07) is 4.92. The van der Waals surface area contributed by atoms with Gasteiger partial charge in [-0.15, -0.1) is 0 Å². The minimum absolute atomic E-state index is 0.300. The lowest BCUT2D eigenvalue weighted by Gasteiger charge is -2.13. The highest BCUT2D eigenvalue weighted by atomic mass is 35.5. The minimum atomic E-state index is -0.300. The highest BCUT2D eigenvalue weighted by Crippen LogP contribution is 2.36. The maximum absolute atomic E-state index is 12.4. The number of carbonyl (C=O) groups excluding carboxylic acids is 1. The average molecular weight is 324 g/mol. The van der Waals surface area contributed by atoms with Crippen LogP contribution < -0.4 is 14.8 Å². The van der Waals surface area contributed by atoms with Gasteiger partial charge in [0.05, 0.1) is 24.4 Å². The van der Waals surface area contributed by atoms with E-state index in [0.29, 0.717) is 34.5 Å². The van der Waals surface area contributed by atoms with Gasteiger partial charge in [-0.05, 0) is 26.0 Å². The Balaban J connectivity index is 2.30. The molecule has 0 aliphatic carbocycles. The molecule has 1 amide bonds. The number of nitrogens with one attached hydrogen (secondary N) is 1. The number of halogens is 1. The van der Waals surface area contributed by atoms with E-state index in [1.165, 1.54) is 7.11 Å². The summed E-state index contributed by atoms with van der Waals surface area (Å²) in [4.78, 5) is 12.4. The van der Waals surface area contributed by atoms with Crippen molar-refractivity contribution in [3.8, 4) is 11.5 Å². The molecule has 0 aliphatic heterocycles. The molecule has 1 aromatic carbocycles. The Labute approximate surface area is 134 Å². The van der Waals surface area contributed by atoms with Gasteiger partial charge in [-0.2, -0.15) is 5.10 Å². The maximum atomic E-state index is 12.4. The molecule has 1 aromatic heterocycles. The van der Waals surface area contributed by atoms with E-state index in [-0.39, 0.29) is 5.91 Å². The number of aromatic nitrogens is 2. The Morgan fingerprint density at radius 3 is 2.68 bits per heavy atom. The number of anilines is 1. The van der Waals surface area contributed by atoms with Crippen molar-refractivity contribution in [1.82, 2.24) is 9.78 Å². The third-order valence-corrected chi connectivity index (χ3v) is 3.30. The summed E-state index contributed by atoms with van der Waals surface area (Å²) < 4.78 is 12.3. The van der Waals surface area contributed by atoms with Crippen LogP contribution in [0.3, 0.4) is 0 Å². The number of hydrogen-bond acceptors (Lipinski definition) is 4. The van der Waals surface area contributed by atoms with Gasteiger partial charge in [0.15, 0.2) is 11.5 Å². The van der Waals surface area contributed by atoms with Gasteiger partial charge in [-0.1, -0.05) is 11.6 Å². The van der Waals surface area contributed by atoms with E-state index in [1.807, 2.05) is 13.8 Å². The van der Waals surface area contributed by atoms with Crippen LogP contribution in [-0.2, 0) is 7.05 Å². The summed E-state index contributed by atoms with van der Waals surface area (Å²) in [6.07, 6.45) is 0. The van der Waals surface area contributed by atoms with Gasteiger partial charge >= 0.3 is 0 Å². The molecule has 1 heterocycles. The van der Waals surface area contributed by atoms with Crippen molar-refractivity contribution in [2.45, 2.75) is 13.8 Å². The zero-order chi connectivity index (χ0) is 16.3. The van der Waals surface area contributed by atoms with Crippen molar-refractivity contribution in [2.24, 2.45) is 7.05 Å². The molecule has 0 fully saturated rings. The molecule has 2 aromatic rings. The molecule has 0 bridgehead atoms. The maximum Gasteiger partial charge on any atom is 0.257 e. The Kier molecular flexibility index (Phi) is 4.92. The third-order valence-electron chi connectivity index (χ3n) is 3.02. The van der Waals surface area contributed by atoms with Gasteiger partial charge in [0, 0.05) is 18.7 Å². The number of nitrogens with zero attached hydrogens (tertiary/aromatic N) is 2. The number of benzene rings is 1. The molecular formula is C15H18ClN3O3. The molecule has 1 N–H and O–H groups in total. The number of amides is 1. The zero-order valence-corrected chi connectivity index (χ0v) is 13.7. The second-order valence-electron chi connectivity index (χ2n) is 4.67. The average Bonchev–Trinajstić information content (AvgIpc) is 2.78. The van der Waals surface area contributed by atoms with Crippen LogP contribution in [0.25, 0.3) is 0 Å². The topological polar surface area (TPSA) is 65.4 Å². The second kappa shape index (κ2) is 6.70. The summed E-state index contributed by atoms with van der Waals surface area (Å²) >= 11 is 6.17. The summed E-state index contributed by atoms with van der Waals surface area (Å²) in [5.41, 5.74) is 1.20. The lowest BCUT2D eigenvalue weighted by atomic mass is 10.2.